The predicted molar refractivity (Wildman–Crippen MR) is 68.5 cm³/mol. The number of carboxylic acids is 1. The lowest BCUT2D eigenvalue weighted by molar-refractivity contribution is -0.295. The summed E-state index contributed by atoms with van der Waals surface area (Å²) >= 11 is 9.32. The molecular weight excluding hydrogens is 305 g/mol. The van der Waals surface area contributed by atoms with Crippen molar-refractivity contribution >= 4 is 50.0 Å². The van der Waals surface area contributed by atoms with Crippen LogP contribution in [0, 0.1) is 0 Å². The Bertz CT molecular complexity index is 640. The average Bonchev–Trinajstić information content (AvgIpc) is 2.28. The number of carbonyl (C=O) groups excluding carboxylic acids is 1. The molecule has 1 aromatic heterocycles. The first-order valence-corrected chi connectivity index (χ1v) is 5.83. The fourth-order valence-electron chi connectivity index (χ4n) is 1.56. The molecule has 0 aliphatic carbocycles. The predicted octanol–water partition coefficient (Wildman–Crippen LogP) is 2.41. The van der Waals surface area contributed by atoms with Crippen LogP contribution in [0.3, 0.4) is 0 Å². The number of hydrogen-bond acceptors (Lipinski definition) is 3. The van der Waals surface area contributed by atoms with E-state index in [9.17, 15) is 9.90 Å². The quantitative estimate of drug-likeness (QED) is 0.800. The molecule has 86 valence electrons. The first-order chi connectivity index (χ1) is 8.02. The van der Waals surface area contributed by atoms with Gasteiger partial charge in [0, 0.05) is 27.2 Å². The van der Waals surface area contributed by atoms with Crippen molar-refractivity contribution in [3.05, 3.63) is 46.0 Å². The third-order valence-electron chi connectivity index (χ3n) is 2.34. The second kappa shape index (κ2) is 4.47. The Labute approximate surface area is 111 Å². The van der Waals surface area contributed by atoms with Gasteiger partial charge in [-0.1, -0.05) is 34.1 Å². The molecular formula is C12H6BrClNO2-. The first-order valence-electron chi connectivity index (χ1n) is 4.65. The summed E-state index contributed by atoms with van der Waals surface area (Å²) in [4.78, 5) is 15.0. The van der Waals surface area contributed by atoms with E-state index in [4.69, 9.17) is 11.6 Å². The van der Waals surface area contributed by atoms with Crippen LogP contribution < -0.4 is 5.11 Å². The van der Waals surface area contributed by atoms with E-state index in [0.29, 0.717) is 26.0 Å². The van der Waals surface area contributed by atoms with Crippen molar-refractivity contribution in [2.24, 2.45) is 0 Å². The maximum atomic E-state index is 10.9. The number of fused-ring (bicyclic) bond motifs is 1. The molecule has 5 heteroatoms. The van der Waals surface area contributed by atoms with Gasteiger partial charge in [0.15, 0.2) is 0 Å². The molecule has 0 aliphatic heterocycles. The molecule has 1 heterocycles. The van der Waals surface area contributed by atoms with Crippen LogP contribution in [0.4, 0.5) is 0 Å². The molecule has 0 saturated carbocycles. The minimum Gasteiger partial charge on any atom is -0.545 e. The maximum Gasteiger partial charge on any atom is 0.0807 e. The molecule has 0 spiro atoms. The largest absolute Gasteiger partial charge is 0.545 e. The van der Waals surface area contributed by atoms with Gasteiger partial charge in [-0.05, 0) is 18.2 Å². The van der Waals surface area contributed by atoms with E-state index in [2.05, 4.69) is 27.5 Å². The molecule has 0 unspecified atom stereocenters. The van der Waals surface area contributed by atoms with Gasteiger partial charge in [0.05, 0.1) is 16.5 Å². The SMILES string of the molecule is C=C(C(=O)[O-])c1c(Br)cc(Cl)c2cccnc12. The average molecular weight is 312 g/mol. The zero-order valence-corrected chi connectivity index (χ0v) is 10.9. The lowest BCUT2D eigenvalue weighted by Crippen LogP contribution is -2.23. The lowest BCUT2D eigenvalue weighted by Gasteiger charge is -2.12. The highest BCUT2D eigenvalue weighted by molar-refractivity contribution is 9.10. The Morgan fingerprint density at radius 2 is 2.24 bits per heavy atom. The number of aliphatic carboxylic acids is 1. The maximum absolute atomic E-state index is 10.9. The Morgan fingerprint density at radius 1 is 1.53 bits per heavy atom. The second-order valence-corrected chi connectivity index (χ2v) is 4.64. The van der Waals surface area contributed by atoms with Crippen LogP contribution in [-0.4, -0.2) is 11.0 Å². The molecule has 0 fully saturated rings. The van der Waals surface area contributed by atoms with Crippen LogP contribution >= 0.6 is 27.5 Å². The van der Waals surface area contributed by atoms with Crippen molar-refractivity contribution in [2.75, 3.05) is 0 Å². The zero-order valence-electron chi connectivity index (χ0n) is 8.54. The summed E-state index contributed by atoms with van der Waals surface area (Å²) in [6.45, 7) is 3.49. The van der Waals surface area contributed by atoms with E-state index in [1.165, 1.54) is 0 Å². The molecule has 2 aromatic rings. The smallest absolute Gasteiger partial charge is 0.0807 e. The van der Waals surface area contributed by atoms with Crippen molar-refractivity contribution < 1.29 is 9.90 Å². The van der Waals surface area contributed by atoms with Crippen LogP contribution in [0.25, 0.3) is 16.5 Å². The summed E-state index contributed by atoms with van der Waals surface area (Å²) in [5.41, 5.74) is 0.753. The summed E-state index contributed by atoms with van der Waals surface area (Å²) in [7, 11) is 0. The molecule has 0 aliphatic rings. The molecule has 0 bridgehead atoms. The van der Waals surface area contributed by atoms with Crippen molar-refractivity contribution in [1.82, 2.24) is 4.98 Å². The van der Waals surface area contributed by atoms with Gasteiger partial charge in [-0.15, -0.1) is 0 Å². The minimum atomic E-state index is -1.33. The van der Waals surface area contributed by atoms with E-state index in [-0.39, 0.29) is 5.57 Å². The molecule has 0 amide bonds. The van der Waals surface area contributed by atoms with Crippen molar-refractivity contribution in [3.63, 3.8) is 0 Å². The highest BCUT2D eigenvalue weighted by atomic mass is 79.9. The zero-order chi connectivity index (χ0) is 12.6. The van der Waals surface area contributed by atoms with Gasteiger partial charge in [-0.25, -0.2) is 0 Å². The van der Waals surface area contributed by atoms with Crippen molar-refractivity contribution in [1.29, 1.82) is 0 Å². The molecule has 0 saturated heterocycles. The van der Waals surface area contributed by atoms with Crippen molar-refractivity contribution in [3.8, 4) is 0 Å². The first kappa shape index (κ1) is 12.1. The van der Waals surface area contributed by atoms with E-state index < -0.39 is 5.97 Å². The van der Waals surface area contributed by atoms with E-state index in [1.54, 1.807) is 24.4 Å². The van der Waals surface area contributed by atoms with Gasteiger partial charge in [0.25, 0.3) is 0 Å². The molecule has 0 atom stereocenters. The number of rotatable bonds is 2. The number of nitrogens with zero attached hydrogens (tertiary/aromatic N) is 1. The monoisotopic (exact) mass is 310 g/mol. The van der Waals surface area contributed by atoms with Crippen LogP contribution in [0.2, 0.25) is 5.02 Å². The Kier molecular flexibility index (Phi) is 3.17. The summed E-state index contributed by atoms with van der Waals surface area (Å²) < 4.78 is 0.530. The number of benzene rings is 1. The fourth-order valence-corrected chi connectivity index (χ4v) is 2.61. The number of pyridine rings is 1. The number of carbonyl (C=O) groups is 1. The Balaban J connectivity index is 2.87. The molecule has 0 radical (unpaired) electrons. The molecule has 2 rings (SSSR count). The van der Waals surface area contributed by atoms with Crippen LogP contribution in [-0.2, 0) is 4.79 Å². The molecule has 17 heavy (non-hydrogen) atoms. The molecule has 0 N–H and O–H groups in total. The topological polar surface area (TPSA) is 53.0 Å². The number of carboxylic acid groups (broad SMARTS) is 1. The van der Waals surface area contributed by atoms with Gasteiger partial charge in [0.1, 0.15) is 0 Å². The van der Waals surface area contributed by atoms with Crippen LogP contribution in [0.15, 0.2) is 35.4 Å². The Hall–Kier alpha value is -1.39. The highest BCUT2D eigenvalue weighted by Gasteiger charge is 2.13. The van der Waals surface area contributed by atoms with Gasteiger partial charge < -0.3 is 9.90 Å². The molecule has 3 nitrogen and oxygen atoms in total. The van der Waals surface area contributed by atoms with E-state index >= 15 is 0 Å². The highest BCUT2D eigenvalue weighted by Crippen LogP contribution is 2.34. The number of aromatic nitrogens is 1. The summed E-state index contributed by atoms with van der Waals surface area (Å²) in [6, 6.07) is 5.12. The summed E-state index contributed by atoms with van der Waals surface area (Å²) in [6.07, 6.45) is 1.57. The third-order valence-corrected chi connectivity index (χ3v) is 3.28. The minimum absolute atomic E-state index is 0.128. The standard InChI is InChI=1S/C12H7BrClNO2/c1-6(12(16)17)10-8(13)5-9(14)7-3-2-4-15-11(7)10/h2-5H,1H2,(H,16,17)/p-1. The third kappa shape index (κ3) is 2.06. The van der Waals surface area contributed by atoms with Gasteiger partial charge in [-0.2, -0.15) is 0 Å². The number of halogens is 2. The van der Waals surface area contributed by atoms with E-state index in [0.717, 1.165) is 0 Å². The van der Waals surface area contributed by atoms with Gasteiger partial charge in [0.2, 0.25) is 0 Å². The summed E-state index contributed by atoms with van der Waals surface area (Å²) in [5.74, 6) is -1.33. The van der Waals surface area contributed by atoms with Gasteiger partial charge >= 0.3 is 0 Å². The number of hydrogen-bond donors (Lipinski definition) is 0. The van der Waals surface area contributed by atoms with Gasteiger partial charge in [-0.3, -0.25) is 4.98 Å². The van der Waals surface area contributed by atoms with Crippen LogP contribution in [0.1, 0.15) is 5.56 Å². The lowest BCUT2D eigenvalue weighted by atomic mass is 10.0. The molecule has 1 aromatic carbocycles. The normalized spacial score (nSPS) is 10.5. The van der Waals surface area contributed by atoms with E-state index in [1.807, 2.05) is 0 Å². The fraction of sp³-hybridized carbons (Fsp3) is 0. The second-order valence-electron chi connectivity index (χ2n) is 3.38. The Morgan fingerprint density at radius 3 is 2.88 bits per heavy atom. The summed E-state index contributed by atoms with van der Waals surface area (Å²) in [5, 5.41) is 12.1. The van der Waals surface area contributed by atoms with Crippen molar-refractivity contribution in [2.45, 2.75) is 0 Å². The van der Waals surface area contributed by atoms with Crippen LogP contribution in [0.5, 0.6) is 0 Å².